The number of hydrogen-bond acceptors (Lipinski definition) is 7. The van der Waals surface area contributed by atoms with E-state index in [1.165, 1.54) is 0 Å². The summed E-state index contributed by atoms with van der Waals surface area (Å²) in [7, 11) is -3.63. The highest BCUT2D eigenvalue weighted by molar-refractivity contribution is 7.85. The van der Waals surface area contributed by atoms with Gasteiger partial charge in [-0.2, -0.15) is 0 Å². The van der Waals surface area contributed by atoms with Crippen molar-refractivity contribution in [3.63, 3.8) is 0 Å². The van der Waals surface area contributed by atoms with Crippen LogP contribution in [0.3, 0.4) is 0 Å². The molecule has 3 rings (SSSR count). The zero-order valence-electron chi connectivity index (χ0n) is 17.6. The summed E-state index contributed by atoms with van der Waals surface area (Å²) >= 11 is 0. The molecule has 0 bridgehead atoms. The lowest BCUT2D eigenvalue weighted by Gasteiger charge is -2.26. The van der Waals surface area contributed by atoms with Gasteiger partial charge in [0.05, 0.1) is 35.7 Å². The summed E-state index contributed by atoms with van der Waals surface area (Å²) in [5, 5.41) is 29.0. The molecule has 0 spiro atoms. The number of hydrogen-bond donors (Lipinski definition) is 3. The van der Waals surface area contributed by atoms with Gasteiger partial charge in [-0.25, -0.2) is 0 Å². The summed E-state index contributed by atoms with van der Waals surface area (Å²) in [5.41, 5.74) is 0. The minimum absolute atomic E-state index is 0.0440. The molecule has 170 valence electrons. The van der Waals surface area contributed by atoms with E-state index in [9.17, 15) is 15.3 Å². The molecule has 0 amide bonds. The van der Waals surface area contributed by atoms with E-state index in [-0.39, 0.29) is 39.6 Å². The number of rotatable bonds is 12. The molecule has 0 aliphatic rings. The van der Waals surface area contributed by atoms with Gasteiger partial charge in [-0.05, 0) is 36.4 Å². The molecule has 0 fully saturated rings. The minimum Gasteiger partial charge on any atom is -0.490 e. The largest absolute Gasteiger partial charge is 0.490 e. The Hall–Kier alpha value is -2.83. The molecule has 32 heavy (non-hydrogen) atoms. The molecule has 0 aliphatic carbocycles. The molecule has 3 aromatic carbocycles. The van der Waals surface area contributed by atoms with Crippen molar-refractivity contribution in [2.45, 2.75) is 0 Å². The standard InChI is InChI=1S/C24H27O7P/c25-13-16-29-19-7-1-4-10-22(19)32(28,23-11-5-2-8-20(23)30-17-14-26)24-12-6-3-9-21(24)31-18-15-27/h1-12,25-27H,13-18H2. The summed E-state index contributed by atoms with van der Waals surface area (Å²) in [6.07, 6.45) is 0. The minimum atomic E-state index is -3.63. The molecule has 7 nitrogen and oxygen atoms in total. The molecule has 0 atom stereocenters. The molecule has 8 heteroatoms. The molecule has 0 unspecified atom stereocenters. The molecule has 0 aliphatic heterocycles. The summed E-state index contributed by atoms with van der Waals surface area (Å²) in [4.78, 5) is 0. The number of ether oxygens (including phenoxy) is 3. The fourth-order valence-corrected chi connectivity index (χ4v) is 6.39. The van der Waals surface area contributed by atoms with Crippen molar-refractivity contribution in [3.05, 3.63) is 72.8 Å². The van der Waals surface area contributed by atoms with Gasteiger partial charge in [-0.1, -0.05) is 36.4 Å². The van der Waals surface area contributed by atoms with Crippen LogP contribution < -0.4 is 30.1 Å². The zero-order valence-corrected chi connectivity index (χ0v) is 18.5. The van der Waals surface area contributed by atoms with Crippen LogP contribution in [0, 0.1) is 0 Å². The summed E-state index contributed by atoms with van der Waals surface area (Å²) in [5.74, 6) is 1.12. The lowest BCUT2D eigenvalue weighted by atomic mass is 10.3. The van der Waals surface area contributed by atoms with E-state index < -0.39 is 7.14 Å². The second kappa shape index (κ2) is 11.7. The Bertz CT molecular complexity index is 922. The smallest absolute Gasteiger partial charge is 0.181 e. The first kappa shape index (κ1) is 23.8. The Kier molecular flexibility index (Phi) is 8.71. The summed E-state index contributed by atoms with van der Waals surface area (Å²) in [6, 6.07) is 20.9. The Morgan fingerprint density at radius 1 is 0.531 bits per heavy atom. The Morgan fingerprint density at radius 3 is 1.09 bits per heavy atom. The van der Waals surface area contributed by atoms with Crippen LogP contribution in [0.2, 0.25) is 0 Å². The van der Waals surface area contributed by atoms with Crippen LogP contribution in [0.1, 0.15) is 0 Å². The Balaban J connectivity index is 2.30. The van der Waals surface area contributed by atoms with Crippen molar-refractivity contribution in [2.75, 3.05) is 39.6 Å². The van der Waals surface area contributed by atoms with Gasteiger partial charge in [0.2, 0.25) is 0 Å². The highest BCUT2D eigenvalue weighted by Crippen LogP contribution is 2.49. The van der Waals surface area contributed by atoms with Gasteiger partial charge in [0, 0.05) is 0 Å². The van der Waals surface area contributed by atoms with E-state index >= 15 is 4.57 Å². The van der Waals surface area contributed by atoms with E-state index in [4.69, 9.17) is 14.2 Å². The van der Waals surface area contributed by atoms with Crippen LogP contribution in [-0.4, -0.2) is 55.0 Å². The van der Waals surface area contributed by atoms with Crippen LogP contribution >= 0.6 is 7.14 Å². The third-order valence-electron chi connectivity index (χ3n) is 4.66. The van der Waals surface area contributed by atoms with Crippen LogP contribution in [0.5, 0.6) is 17.2 Å². The lowest BCUT2D eigenvalue weighted by Crippen LogP contribution is -2.29. The molecular weight excluding hydrogens is 431 g/mol. The predicted octanol–water partition coefficient (Wildman–Crippen LogP) is 1.44. The predicted molar refractivity (Wildman–Crippen MR) is 124 cm³/mol. The van der Waals surface area contributed by atoms with Crippen molar-refractivity contribution < 1.29 is 34.1 Å². The number of para-hydroxylation sites is 3. The van der Waals surface area contributed by atoms with E-state index in [0.717, 1.165) is 0 Å². The number of aliphatic hydroxyl groups is 3. The van der Waals surface area contributed by atoms with E-state index in [2.05, 4.69) is 0 Å². The monoisotopic (exact) mass is 458 g/mol. The van der Waals surface area contributed by atoms with Gasteiger partial charge in [0.15, 0.2) is 7.14 Å². The SMILES string of the molecule is O=P(c1ccccc1OCCO)(c1ccccc1OCCO)c1ccccc1OCCO. The Labute approximate surface area is 187 Å². The molecule has 0 saturated carbocycles. The first-order valence-corrected chi connectivity index (χ1v) is 12.0. The summed E-state index contributed by atoms with van der Waals surface area (Å²) in [6.45, 7) is -0.436. The van der Waals surface area contributed by atoms with Crippen molar-refractivity contribution in [3.8, 4) is 17.2 Å². The zero-order chi connectivity index (χ0) is 22.8. The van der Waals surface area contributed by atoms with E-state index in [0.29, 0.717) is 33.2 Å². The molecule has 0 radical (unpaired) electrons. The van der Waals surface area contributed by atoms with Gasteiger partial charge >= 0.3 is 0 Å². The summed E-state index contributed by atoms with van der Waals surface area (Å²) < 4.78 is 32.3. The molecule has 3 aromatic rings. The maximum atomic E-state index is 15.1. The van der Waals surface area contributed by atoms with E-state index in [1.54, 1.807) is 72.8 Å². The molecule has 0 aromatic heterocycles. The molecule has 0 saturated heterocycles. The highest BCUT2D eigenvalue weighted by Gasteiger charge is 2.37. The second-order valence-electron chi connectivity index (χ2n) is 6.73. The van der Waals surface area contributed by atoms with Crippen LogP contribution in [0.25, 0.3) is 0 Å². The van der Waals surface area contributed by atoms with Gasteiger partial charge < -0.3 is 34.1 Å². The number of benzene rings is 3. The number of aliphatic hydroxyl groups excluding tert-OH is 3. The topological polar surface area (TPSA) is 105 Å². The van der Waals surface area contributed by atoms with Crippen molar-refractivity contribution in [1.82, 2.24) is 0 Å². The van der Waals surface area contributed by atoms with Gasteiger partial charge in [0.25, 0.3) is 0 Å². The van der Waals surface area contributed by atoms with Crippen LogP contribution in [0.15, 0.2) is 72.8 Å². The van der Waals surface area contributed by atoms with Crippen molar-refractivity contribution >= 4 is 23.1 Å². The average molecular weight is 458 g/mol. The molecule has 0 heterocycles. The normalized spacial score (nSPS) is 11.2. The second-order valence-corrected chi connectivity index (χ2v) is 9.39. The maximum absolute atomic E-state index is 15.1. The lowest BCUT2D eigenvalue weighted by molar-refractivity contribution is 0.202. The quantitative estimate of drug-likeness (QED) is 0.353. The first-order chi connectivity index (χ1) is 15.7. The van der Waals surface area contributed by atoms with Crippen LogP contribution in [0.4, 0.5) is 0 Å². The van der Waals surface area contributed by atoms with Crippen molar-refractivity contribution in [2.24, 2.45) is 0 Å². The molecule has 3 N–H and O–H groups in total. The molecular formula is C24H27O7P. The van der Waals surface area contributed by atoms with Gasteiger partial charge in [-0.15, -0.1) is 0 Å². The first-order valence-electron chi connectivity index (χ1n) is 10.3. The fraction of sp³-hybridized carbons (Fsp3) is 0.250. The van der Waals surface area contributed by atoms with Crippen LogP contribution in [-0.2, 0) is 4.57 Å². The van der Waals surface area contributed by atoms with E-state index in [1.807, 2.05) is 0 Å². The third-order valence-corrected chi connectivity index (χ3v) is 7.80. The average Bonchev–Trinajstić information content (AvgIpc) is 2.85. The van der Waals surface area contributed by atoms with Crippen molar-refractivity contribution in [1.29, 1.82) is 0 Å². The third kappa shape index (κ3) is 5.14. The highest BCUT2D eigenvalue weighted by atomic mass is 31.2. The van der Waals surface area contributed by atoms with Gasteiger partial charge in [-0.3, -0.25) is 0 Å². The fourth-order valence-electron chi connectivity index (χ4n) is 3.37. The maximum Gasteiger partial charge on any atom is 0.181 e. The van der Waals surface area contributed by atoms with Gasteiger partial charge in [0.1, 0.15) is 37.1 Å². The Morgan fingerprint density at radius 2 is 0.812 bits per heavy atom.